The Labute approximate surface area is 256 Å². The van der Waals surface area contributed by atoms with Crippen molar-refractivity contribution in [1.82, 2.24) is 0 Å². The average molecular weight is 601 g/mol. The van der Waals surface area contributed by atoms with E-state index in [1.54, 1.807) is 30.3 Å². The van der Waals surface area contributed by atoms with Gasteiger partial charge in [0.1, 0.15) is 17.2 Å². The summed E-state index contributed by atoms with van der Waals surface area (Å²) in [6, 6.07) is 18.3. The summed E-state index contributed by atoms with van der Waals surface area (Å²) in [5, 5.41) is 8.87. The third-order valence-electron chi connectivity index (χ3n) is 7.06. The molecule has 0 radical (unpaired) electrons. The molecule has 9 heteroatoms. The fourth-order valence-corrected chi connectivity index (χ4v) is 4.67. The van der Waals surface area contributed by atoms with Gasteiger partial charge in [-0.15, -0.1) is 0 Å². The van der Waals surface area contributed by atoms with E-state index in [0.717, 1.165) is 40.5 Å². The Bertz CT molecular complexity index is 1510. The monoisotopic (exact) mass is 600 g/mol. The predicted octanol–water partition coefficient (Wildman–Crippen LogP) is 5.79. The second kappa shape index (κ2) is 15.5. The lowest BCUT2D eigenvalue weighted by Gasteiger charge is -2.11. The van der Waals surface area contributed by atoms with Gasteiger partial charge in [0.15, 0.2) is 0 Å². The summed E-state index contributed by atoms with van der Waals surface area (Å²) in [7, 11) is 0. The molecule has 1 unspecified atom stereocenters. The van der Waals surface area contributed by atoms with Gasteiger partial charge in [-0.3, -0.25) is 0 Å². The summed E-state index contributed by atoms with van der Waals surface area (Å²) < 4.78 is 27.2. The topological polar surface area (TPSA) is 118 Å². The molecule has 230 valence electrons. The lowest BCUT2D eigenvalue weighted by atomic mass is 9.99. The van der Waals surface area contributed by atoms with E-state index in [4.69, 9.17) is 28.8 Å². The molecule has 4 rings (SSSR count). The average Bonchev–Trinajstić information content (AvgIpc) is 3.32. The second-order valence-corrected chi connectivity index (χ2v) is 10.2. The second-order valence-electron chi connectivity index (χ2n) is 10.2. The normalized spacial score (nSPS) is 12.8. The molecule has 0 bridgehead atoms. The molecule has 0 saturated carbocycles. The van der Waals surface area contributed by atoms with Crippen molar-refractivity contribution < 1.29 is 43.2 Å². The van der Waals surface area contributed by atoms with Gasteiger partial charge < -0.3 is 28.8 Å². The van der Waals surface area contributed by atoms with Crippen molar-refractivity contribution in [3.63, 3.8) is 0 Å². The minimum Gasteiger partial charge on any atom is -0.494 e. The summed E-state index contributed by atoms with van der Waals surface area (Å²) in [4.78, 5) is 35.4. The van der Waals surface area contributed by atoms with Gasteiger partial charge in [0.25, 0.3) is 0 Å². The number of ether oxygens (including phenoxy) is 5. The first-order valence-electron chi connectivity index (χ1n) is 14.4. The van der Waals surface area contributed by atoms with E-state index in [-0.39, 0.29) is 18.1 Å². The minimum atomic E-state index is -0.633. The molecule has 1 atom stereocenters. The highest BCUT2D eigenvalue weighted by Crippen LogP contribution is 2.47. The van der Waals surface area contributed by atoms with Gasteiger partial charge in [-0.05, 0) is 83.6 Å². The summed E-state index contributed by atoms with van der Waals surface area (Å²) in [6.45, 7) is 9.75. The van der Waals surface area contributed by atoms with Crippen LogP contribution in [0.5, 0.6) is 17.2 Å². The van der Waals surface area contributed by atoms with Crippen LogP contribution in [0.4, 0.5) is 0 Å². The number of hydrogen-bond donors (Lipinski definition) is 1. The van der Waals surface area contributed by atoms with Crippen molar-refractivity contribution >= 4 is 17.9 Å². The van der Waals surface area contributed by atoms with E-state index < -0.39 is 24.5 Å². The molecule has 1 N–H and O–H groups in total. The van der Waals surface area contributed by atoms with E-state index in [9.17, 15) is 14.4 Å². The molecule has 9 nitrogen and oxygen atoms in total. The first-order chi connectivity index (χ1) is 21.3. The smallest absolute Gasteiger partial charge is 0.343 e. The highest BCUT2D eigenvalue weighted by atomic mass is 16.5. The number of carbonyl (C=O) groups is 3. The molecule has 0 heterocycles. The van der Waals surface area contributed by atoms with E-state index >= 15 is 0 Å². The quantitative estimate of drug-likeness (QED) is 0.0944. The van der Waals surface area contributed by atoms with Crippen LogP contribution in [-0.4, -0.2) is 56.0 Å². The Kier molecular flexibility index (Phi) is 11.3. The van der Waals surface area contributed by atoms with Crippen molar-refractivity contribution in [3.05, 3.63) is 102 Å². The number of unbranched alkanes of at least 4 members (excludes halogenated alkanes) is 1. The Hall–Kier alpha value is -4.89. The molecular weight excluding hydrogens is 564 g/mol. The van der Waals surface area contributed by atoms with Crippen molar-refractivity contribution in [2.75, 3.05) is 33.0 Å². The number of fused-ring (bicyclic) bond motifs is 3. The number of hydrogen-bond acceptors (Lipinski definition) is 9. The number of aliphatic hydroxyl groups is 1. The molecule has 3 aromatic carbocycles. The standard InChI is InChI=1S/C35H36O9/c1-4-33(37)42-17-6-5-16-41-27-12-14-29-30-15-13-28(21-32(30)24(3)31(29)20-27)44-35(39)25-8-10-26(11-9-25)40-18-7-19-43-34(38)23(2)22-36/h4,8-15,20-21,24,36H,1-2,5-7,16-19,22H2,3H3. The van der Waals surface area contributed by atoms with Gasteiger partial charge in [0, 0.05) is 18.4 Å². The SMILES string of the molecule is C=CC(=O)OCCCCOc1ccc2c(c1)C(C)c1cc(OC(=O)c3ccc(OCCCOC(=O)C(=C)CO)cc3)ccc1-2. The molecular formula is C35H36O9. The molecule has 1 aliphatic rings. The minimum absolute atomic E-state index is 0.00293. The zero-order valence-corrected chi connectivity index (χ0v) is 24.7. The van der Waals surface area contributed by atoms with Crippen LogP contribution in [0, 0.1) is 0 Å². The number of esters is 3. The maximum Gasteiger partial charge on any atom is 0.343 e. The Morgan fingerprint density at radius 1 is 0.773 bits per heavy atom. The Morgan fingerprint density at radius 3 is 2.02 bits per heavy atom. The van der Waals surface area contributed by atoms with Crippen molar-refractivity contribution in [3.8, 4) is 28.4 Å². The van der Waals surface area contributed by atoms with Crippen LogP contribution in [-0.2, 0) is 19.1 Å². The number of benzene rings is 3. The van der Waals surface area contributed by atoms with Gasteiger partial charge in [0.05, 0.1) is 44.2 Å². The van der Waals surface area contributed by atoms with Gasteiger partial charge in [0.2, 0.25) is 0 Å². The number of aliphatic hydroxyl groups excluding tert-OH is 1. The maximum atomic E-state index is 12.8. The zero-order valence-electron chi connectivity index (χ0n) is 24.7. The van der Waals surface area contributed by atoms with Gasteiger partial charge in [-0.1, -0.05) is 32.2 Å². The third-order valence-corrected chi connectivity index (χ3v) is 7.06. The molecule has 0 amide bonds. The van der Waals surface area contributed by atoms with Gasteiger partial charge >= 0.3 is 17.9 Å². The van der Waals surface area contributed by atoms with Crippen LogP contribution in [0.2, 0.25) is 0 Å². The van der Waals surface area contributed by atoms with Crippen molar-refractivity contribution in [2.24, 2.45) is 0 Å². The van der Waals surface area contributed by atoms with Crippen LogP contribution < -0.4 is 14.2 Å². The molecule has 0 aromatic heterocycles. The van der Waals surface area contributed by atoms with E-state index in [1.165, 1.54) is 0 Å². The molecule has 1 aliphatic carbocycles. The summed E-state index contributed by atoms with van der Waals surface area (Å²) >= 11 is 0. The van der Waals surface area contributed by atoms with Crippen LogP contribution >= 0.6 is 0 Å². The largest absolute Gasteiger partial charge is 0.494 e. The first-order valence-corrected chi connectivity index (χ1v) is 14.4. The van der Waals surface area contributed by atoms with Crippen LogP contribution in [0.1, 0.15) is 53.6 Å². The Balaban J connectivity index is 1.26. The third kappa shape index (κ3) is 8.35. The van der Waals surface area contributed by atoms with Gasteiger partial charge in [-0.25, -0.2) is 14.4 Å². The fraction of sp³-hybridized carbons (Fsp3) is 0.286. The van der Waals surface area contributed by atoms with E-state index in [2.05, 4.69) is 26.1 Å². The lowest BCUT2D eigenvalue weighted by Crippen LogP contribution is -2.12. The summed E-state index contributed by atoms with van der Waals surface area (Å²) in [5.41, 5.74) is 4.82. The lowest BCUT2D eigenvalue weighted by molar-refractivity contribution is -0.140. The summed E-state index contributed by atoms with van der Waals surface area (Å²) in [6.07, 6.45) is 3.07. The number of carbonyl (C=O) groups excluding carboxylic acids is 3. The van der Waals surface area contributed by atoms with E-state index in [0.29, 0.717) is 49.7 Å². The zero-order chi connectivity index (χ0) is 31.5. The van der Waals surface area contributed by atoms with Crippen LogP contribution in [0.15, 0.2) is 85.5 Å². The van der Waals surface area contributed by atoms with Crippen molar-refractivity contribution in [2.45, 2.75) is 32.1 Å². The number of rotatable bonds is 16. The Morgan fingerprint density at radius 2 is 1.34 bits per heavy atom. The maximum absolute atomic E-state index is 12.8. The predicted molar refractivity (Wildman–Crippen MR) is 164 cm³/mol. The molecule has 0 spiro atoms. The summed E-state index contributed by atoms with van der Waals surface area (Å²) in [5.74, 6) is 0.356. The molecule has 0 aliphatic heterocycles. The highest BCUT2D eigenvalue weighted by Gasteiger charge is 2.27. The molecule has 44 heavy (non-hydrogen) atoms. The van der Waals surface area contributed by atoms with E-state index in [1.807, 2.05) is 24.3 Å². The fourth-order valence-electron chi connectivity index (χ4n) is 4.67. The molecule has 0 saturated heterocycles. The van der Waals surface area contributed by atoms with Crippen LogP contribution in [0.3, 0.4) is 0 Å². The van der Waals surface area contributed by atoms with Crippen molar-refractivity contribution in [1.29, 1.82) is 0 Å². The molecule has 3 aromatic rings. The van der Waals surface area contributed by atoms with Crippen LogP contribution in [0.25, 0.3) is 11.1 Å². The molecule has 0 fully saturated rings. The van der Waals surface area contributed by atoms with Gasteiger partial charge in [-0.2, -0.15) is 0 Å². The highest BCUT2D eigenvalue weighted by molar-refractivity contribution is 5.91. The first kappa shape index (κ1) is 32.0.